The highest BCUT2D eigenvalue weighted by Gasteiger charge is 2.15. The molecule has 0 spiro atoms. The topological polar surface area (TPSA) is 28.2 Å². The molecule has 2 heterocycles. The van der Waals surface area contributed by atoms with E-state index in [1.165, 1.54) is 11.3 Å². The smallest absolute Gasteiger partial charge is 0.0661 e. The van der Waals surface area contributed by atoms with Gasteiger partial charge in [0.25, 0.3) is 0 Å². The fourth-order valence-electron chi connectivity index (χ4n) is 2.82. The van der Waals surface area contributed by atoms with E-state index in [9.17, 15) is 0 Å². The average molecular weight is 348 g/mol. The first kappa shape index (κ1) is 16.6. The number of likely N-dealkylation sites (N-methyl/N-ethyl adjacent to an activating group) is 1. The molecule has 0 unspecified atom stereocenters. The van der Waals surface area contributed by atoms with Gasteiger partial charge in [0.05, 0.1) is 11.4 Å². The number of nitrogens with one attached hydrogen (secondary N) is 1. The largest absolute Gasteiger partial charge is 0.324 e. The summed E-state index contributed by atoms with van der Waals surface area (Å²) < 4.78 is 3.44. The third kappa shape index (κ3) is 4.19. The molecule has 1 aromatic heterocycles. The van der Waals surface area contributed by atoms with E-state index in [-0.39, 0.29) is 0 Å². The minimum atomic E-state index is 0.762. The van der Waals surface area contributed by atoms with Crippen LogP contribution >= 0.6 is 23.5 Å². The molecule has 3 rings (SSSR count). The van der Waals surface area contributed by atoms with Crippen molar-refractivity contribution in [1.82, 2.24) is 9.88 Å². The first-order valence-electron chi connectivity index (χ1n) is 8.06. The van der Waals surface area contributed by atoms with E-state index in [0.717, 1.165) is 53.8 Å². The van der Waals surface area contributed by atoms with Crippen molar-refractivity contribution in [1.29, 1.82) is 0 Å². The maximum absolute atomic E-state index is 5.93. The Hall–Kier alpha value is -1.23. The molecule has 1 aliphatic rings. The van der Waals surface area contributed by atoms with Crippen LogP contribution in [0.3, 0.4) is 0 Å². The lowest BCUT2D eigenvalue weighted by Gasteiger charge is -2.15. The van der Waals surface area contributed by atoms with Crippen molar-refractivity contribution in [2.75, 3.05) is 24.4 Å². The number of pyridine rings is 1. The van der Waals surface area contributed by atoms with E-state index in [0.29, 0.717) is 0 Å². The van der Waals surface area contributed by atoms with Crippen LogP contribution in [0.1, 0.15) is 23.9 Å². The van der Waals surface area contributed by atoms with E-state index in [4.69, 9.17) is 16.6 Å². The standard InChI is InChI=1S/C18H22ClN3S/c1-3-22-10-8-14-12-18(13(2)20-17(14)9-11-22)21-23-16-6-4-15(19)5-7-16/h4-7,12,21H,3,8-11H2,1-2H3. The SMILES string of the molecule is CCN1CCc2cc(NSc3ccc(Cl)cc3)c(C)nc2CC1. The van der Waals surface area contributed by atoms with Crippen molar-refractivity contribution < 1.29 is 0 Å². The number of aromatic nitrogens is 1. The summed E-state index contributed by atoms with van der Waals surface area (Å²) in [6.07, 6.45) is 2.13. The second-order valence-electron chi connectivity index (χ2n) is 5.82. The number of nitrogens with zero attached hydrogens (tertiary/aromatic N) is 2. The third-order valence-corrected chi connectivity index (χ3v) is 5.37. The Kier molecular flexibility index (Phi) is 5.46. The summed E-state index contributed by atoms with van der Waals surface area (Å²) in [5, 5.41) is 0.762. The van der Waals surface area contributed by atoms with Crippen molar-refractivity contribution in [3.63, 3.8) is 0 Å². The lowest BCUT2D eigenvalue weighted by molar-refractivity contribution is 0.303. The second kappa shape index (κ2) is 7.56. The van der Waals surface area contributed by atoms with Crippen LogP contribution in [0, 0.1) is 6.92 Å². The lowest BCUT2D eigenvalue weighted by atomic mass is 10.1. The van der Waals surface area contributed by atoms with Gasteiger partial charge in [0.1, 0.15) is 0 Å². The number of hydrogen-bond acceptors (Lipinski definition) is 4. The van der Waals surface area contributed by atoms with Crippen molar-refractivity contribution in [3.05, 3.63) is 52.3 Å². The van der Waals surface area contributed by atoms with E-state index in [1.807, 2.05) is 24.3 Å². The quantitative estimate of drug-likeness (QED) is 0.819. The molecular weight excluding hydrogens is 326 g/mol. The molecule has 0 amide bonds. The molecule has 1 aliphatic heterocycles. The fourth-order valence-corrected chi connectivity index (χ4v) is 3.65. The van der Waals surface area contributed by atoms with Crippen LogP contribution < -0.4 is 4.72 Å². The monoisotopic (exact) mass is 347 g/mol. The van der Waals surface area contributed by atoms with Crippen LogP contribution in [0.15, 0.2) is 35.2 Å². The number of benzene rings is 1. The molecule has 23 heavy (non-hydrogen) atoms. The number of aryl methyl sites for hydroxylation is 1. The number of fused-ring (bicyclic) bond motifs is 1. The highest BCUT2D eigenvalue weighted by molar-refractivity contribution is 8.00. The molecule has 0 atom stereocenters. The second-order valence-corrected chi connectivity index (χ2v) is 7.14. The Morgan fingerprint density at radius 1 is 1.22 bits per heavy atom. The summed E-state index contributed by atoms with van der Waals surface area (Å²) in [5.74, 6) is 0. The molecule has 0 radical (unpaired) electrons. The van der Waals surface area contributed by atoms with Crippen molar-refractivity contribution >= 4 is 29.2 Å². The number of hydrogen-bond donors (Lipinski definition) is 1. The van der Waals surface area contributed by atoms with Gasteiger partial charge in [-0.15, -0.1) is 0 Å². The third-order valence-electron chi connectivity index (χ3n) is 4.28. The molecule has 1 aromatic carbocycles. The van der Waals surface area contributed by atoms with E-state index in [1.54, 1.807) is 11.9 Å². The lowest BCUT2D eigenvalue weighted by Crippen LogP contribution is -2.25. The Bertz CT molecular complexity index is 673. The highest BCUT2D eigenvalue weighted by atomic mass is 35.5. The zero-order chi connectivity index (χ0) is 16.2. The van der Waals surface area contributed by atoms with Crippen molar-refractivity contribution in [2.24, 2.45) is 0 Å². The van der Waals surface area contributed by atoms with Gasteiger partial charge >= 0.3 is 0 Å². The summed E-state index contributed by atoms with van der Waals surface area (Å²) in [5.41, 5.74) is 4.81. The van der Waals surface area contributed by atoms with Gasteiger partial charge in [-0.25, -0.2) is 0 Å². The summed E-state index contributed by atoms with van der Waals surface area (Å²) in [4.78, 5) is 8.48. The van der Waals surface area contributed by atoms with Crippen molar-refractivity contribution in [3.8, 4) is 0 Å². The number of halogens is 1. The fraction of sp³-hybridized carbons (Fsp3) is 0.389. The van der Waals surface area contributed by atoms with Crippen LogP contribution in [0.25, 0.3) is 0 Å². The predicted molar refractivity (Wildman–Crippen MR) is 99.4 cm³/mol. The van der Waals surface area contributed by atoms with Gasteiger partial charge in [0, 0.05) is 35.1 Å². The summed E-state index contributed by atoms with van der Waals surface area (Å²) >= 11 is 7.53. The molecule has 1 N–H and O–H groups in total. The zero-order valence-corrected chi connectivity index (χ0v) is 15.2. The van der Waals surface area contributed by atoms with Gasteiger partial charge in [0.2, 0.25) is 0 Å². The van der Waals surface area contributed by atoms with Crippen LogP contribution in [-0.2, 0) is 12.8 Å². The van der Waals surface area contributed by atoms with Gasteiger partial charge in [-0.05, 0) is 67.7 Å². The van der Waals surface area contributed by atoms with Crippen LogP contribution in [0.5, 0.6) is 0 Å². The first-order valence-corrected chi connectivity index (χ1v) is 9.25. The maximum Gasteiger partial charge on any atom is 0.0661 e. The molecule has 0 fully saturated rings. The van der Waals surface area contributed by atoms with Gasteiger partial charge < -0.3 is 9.62 Å². The van der Waals surface area contributed by atoms with Gasteiger partial charge in [-0.2, -0.15) is 0 Å². The van der Waals surface area contributed by atoms with E-state index in [2.05, 4.69) is 29.5 Å². The minimum Gasteiger partial charge on any atom is -0.324 e. The number of rotatable bonds is 4. The summed E-state index contributed by atoms with van der Waals surface area (Å²) in [6.45, 7) is 7.66. The Morgan fingerprint density at radius 2 is 1.96 bits per heavy atom. The minimum absolute atomic E-state index is 0.762. The van der Waals surface area contributed by atoms with Crippen LogP contribution in [0.2, 0.25) is 5.02 Å². The Morgan fingerprint density at radius 3 is 2.70 bits per heavy atom. The summed E-state index contributed by atoms with van der Waals surface area (Å²) in [7, 11) is 0. The molecule has 5 heteroatoms. The molecule has 122 valence electrons. The van der Waals surface area contributed by atoms with E-state index >= 15 is 0 Å². The number of anilines is 1. The maximum atomic E-state index is 5.93. The van der Waals surface area contributed by atoms with Gasteiger partial charge in [-0.3, -0.25) is 4.98 Å². The van der Waals surface area contributed by atoms with Gasteiger partial charge in [0.15, 0.2) is 0 Å². The van der Waals surface area contributed by atoms with Crippen molar-refractivity contribution in [2.45, 2.75) is 31.6 Å². The molecule has 0 saturated heterocycles. The molecule has 3 nitrogen and oxygen atoms in total. The first-order chi connectivity index (χ1) is 11.2. The Balaban J connectivity index is 1.73. The predicted octanol–water partition coefficient (Wildman–Crippen LogP) is 4.58. The molecule has 0 aliphatic carbocycles. The van der Waals surface area contributed by atoms with Crippen LogP contribution in [-0.4, -0.2) is 29.5 Å². The molecular formula is C18H22ClN3S. The van der Waals surface area contributed by atoms with Crippen LogP contribution in [0.4, 0.5) is 5.69 Å². The van der Waals surface area contributed by atoms with E-state index < -0.39 is 0 Å². The molecule has 0 bridgehead atoms. The molecule has 0 saturated carbocycles. The zero-order valence-electron chi connectivity index (χ0n) is 13.6. The summed E-state index contributed by atoms with van der Waals surface area (Å²) in [6, 6.07) is 10.1. The Labute approximate surface area is 147 Å². The normalized spacial score (nSPS) is 15.1. The average Bonchev–Trinajstić information content (AvgIpc) is 2.76. The molecule has 2 aromatic rings. The van der Waals surface area contributed by atoms with Gasteiger partial charge in [-0.1, -0.05) is 18.5 Å². The highest BCUT2D eigenvalue weighted by Crippen LogP contribution is 2.27.